The molecule has 18 heavy (non-hydrogen) atoms. The quantitative estimate of drug-likeness (QED) is 0.481. The van der Waals surface area contributed by atoms with Crippen LogP contribution in [0.3, 0.4) is 0 Å². The monoisotopic (exact) mass is 261 g/mol. The van der Waals surface area contributed by atoms with E-state index < -0.39 is 18.1 Å². The van der Waals surface area contributed by atoms with Crippen molar-refractivity contribution in [3.05, 3.63) is 0 Å². The summed E-state index contributed by atoms with van der Waals surface area (Å²) in [5.41, 5.74) is 0. The Bertz CT molecular complexity index is 245. The minimum absolute atomic E-state index is 0.0643. The van der Waals surface area contributed by atoms with Gasteiger partial charge in [0.15, 0.2) is 0 Å². The van der Waals surface area contributed by atoms with Gasteiger partial charge in [0.1, 0.15) is 6.04 Å². The number of methoxy groups -OCH3 is 1. The van der Waals surface area contributed by atoms with Crippen molar-refractivity contribution < 1.29 is 24.2 Å². The number of aliphatic hydroxyl groups excluding tert-OH is 1. The molecule has 0 heterocycles. The number of ether oxygens (including phenoxy) is 2. The fraction of sp³-hybridized carbons (Fsp3) is 0.833. The van der Waals surface area contributed by atoms with E-state index in [2.05, 4.69) is 10.1 Å². The van der Waals surface area contributed by atoms with E-state index in [4.69, 9.17) is 9.84 Å². The van der Waals surface area contributed by atoms with E-state index in [0.29, 0.717) is 25.9 Å². The predicted molar refractivity (Wildman–Crippen MR) is 66.1 cm³/mol. The summed E-state index contributed by atoms with van der Waals surface area (Å²) in [5.74, 6) is -0.500. The largest absolute Gasteiger partial charge is 0.467 e. The zero-order chi connectivity index (χ0) is 13.8. The third kappa shape index (κ3) is 7.89. The third-order valence-corrected chi connectivity index (χ3v) is 2.41. The normalized spacial score (nSPS) is 11.7. The second kappa shape index (κ2) is 10.8. The first-order valence-corrected chi connectivity index (χ1v) is 6.27. The number of hydrogen-bond acceptors (Lipinski definition) is 5. The van der Waals surface area contributed by atoms with Crippen LogP contribution in [0.15, 0.2) is 0 Å². The van der Waals surface area contributed by atoms with Crippen molar-refractivity contribution in [3.63, 3.8) is 0 Å². The van der Waals surface area contributed by atoms with Crippen LogP contribution in [0.5, 0.6) is 0 Å². The molecule has 0 aliphatic heterocycles. The highest BCUT2D eigenvalue weighted by molar-refractivity contribution is 5.81. The van der Waals surface area contributed by atoms with E-state index in [1.165, 1.54) is 7.11 Å². The smallest absolute Gasteiger partial charge is 0.407 e. The summed E-state index contributed by atoms with van der Waals surface area (Å²) in [6.45, 7) is 2.40. The number of amides is 1. The van der Waals surface area contributed by atoms with Crippen molar-refractivity contribution >= 4 is 12.1 Å². The van der Waals surface area contributed by atoms with Gasteiger partial charge in [0.25, 0.3) is 0 Å². The molecule has 0 rings (SSSR count). The molecule has 6 heteroatoms. The van der Waals surface area contributed by atoms with Gasteiger partial charge in [-0.1, -0.05) is 13.3 Å². The van der Waals surface area contributed by atoms with E-state index in [1.807, 2.05) is 6.92 Å². The Morgan fingerprint density at radius 2 is 2.00 bits per heavy atom. The van der Waals surface area contributed by atoms with Crippen LogP contribution < -0.4 is 5.32 Å². The molecule has 0 aromatic carbocycles. The lowest BCUT2D eigenvalue weighted by atomic mass is 10.1. The summed E-state index contributed by atoms with van der Waals surface area (Å²) in [6, 6.07) is -0.712. The van der Waals surface area contributed by atoms with Crippen LogP contribution in [-0.2, 0) is 14.3 Å². The highest BCUT2D eigenvalue weighted by Crippen LogP contribution is 2.03. The molecular formula is C12H23NO5. The Morgan fingerprint density at radius 1 is 1.28 bits per heavy atom. The maximum atomic E-state index is 11.4. The van der Waals surface area contributed by atoms with E-state index in [-0.39, 0.29) is 6.61 Å². The van der Waals surface area contributed by atoms with Gasteiger partial charge in [-0.05, 0) is 25.7 Å². The molecule has 0 bridgehead atoms. The molecule has 1 amide bonds. The van der Waals surface area contributed by atoms with Gasteiger partial charge < -0.3 is 19.9 Å². The summed E-state index contributed by atoms with van der Waals surface area (Å²) in [7, 11) is 1.27. The summed E-state index contributed by atoms with van der Waals surface area (Å²) < 4.78 is 9.50. The molecule has 0 radical (unpaired) electrons. The van der Waals surface area contributed by atoms with Gasteiger partial charge in [-0.25, -0.2) is 9.59 Å². The van der Waals surface area contributed by atoms with Crippen molar-refractivity contribution in [1.29, 1.82) is 0 Å². The van der Waals surface area contributed by atoms with Crippen molar-refractivity contribution in [3.8, 4) is 0 Å². The van der Waals surface area contributed by atoms with Crippen molar-refractivity contribution in [2.45, 2.75) is 45.1 Å². The Balaban J connectivity index is 4.05. The van der Waals surface area contributed by atoms with Crippen LogP contribution >= 0.6 is 0 Å². The molecule has 0 fully saturated rings. The van der Waals surface area contributed by atoms with E-state index in [0.717, 1.165) is 12.8 Å². The second-order valence-electron chi connectivity index (χ2n) is 3.93. The molecule has 2 N–H and O–H groups in total. The Kier molecular flexibility index (Phi) is 10.0. The molecule has 1 unspecified atom stereocenters. The maximum Gasteiger partial charge on any atom is 0.407 e. The molecule has 0 spiro atoms. The maximum absolute atomic E-state index is 11.4. The third-order valence-electron chi connectivity index (χ3n) is 2.41. The van der Waals surface area contributed by atoms with E-state index in [9.17, 15) is 9.59 Å². The number of rotatable bonds is 9. The van der Waals surface area contributed by atoms with Gasteiger partial charge in [0.2, 0.25) is 0 Å². The number of unbranched alkanes of at least 4 members (excludes halogenated alkanes) is 2. The molecule has 6 nitrogen and oxygen atoms in total. The fourth-order valence-corrected chi connectivity index (χ4v) is 1.34. The average molecular weight is 261 g/mol. The van der Waals surface area contributed by atoms with Crippen LogP contribution in [0.2, 0.25) is 0 Å². The Labute approximate surface area is 108 Å². The Hall–Kier alpha value is -1.30. The van der Waals surface area contributed by atoms with Gasteiger partial charge >= 0.3 is 12.1 Å². The molecular weight excluding hydrogens is 238 g/mol. The zero-order valence-corrected chi connectivity index (χ0v) is 11.1. The topological polar surface area (TPSA) is 84.9 Å². The Morgan fingerprint density at radius 3 is 2.56 bits per heavy atom. The number of carbonyl (C=O) groups is 2. The number of alkyl carbamates (subject to hydrolysis) is 1. The molecule has 0 aliphatic carbocycles. The van der Waals surface area contributed by atoms with Crippen molar-refractivity contribution in [1.82, 2.24) is 5.32 Å². The van der Waals surface area contributed by atoms with Gasteiger partial charge in [-0.2, -0.15) is 0 Å². The average Bonchev–Trinajstić information content (AvgIpc) is 2.37. The molecule has 0 saturated carbocycles. The fourth-order valence-electron chi connectivity index (χ4n) is 1.34. The lowest BCUT2D eigenvalue weighted by Gasteiger charge is -2.16. The molecule has 1 atom stereocenters. The standard InChI is InChI=1S/C12H23NO5/c1-3-4-9-18-12(16)13-10(11(15)17-2)7-5-6-8-14/h10,14H,3-9H2,1-2H3,(H,13,16). The number of aliphatic hydroxyl groups is 1. The van der Waals surface area contributed by atoms with Crippen molar-refractivity contribution in [2.75, 3.05) is 20.3 Å². The minimum Gasteiger partial charge on any atom is -0.467 e. The van der Waals surface area contributed by atoms with E-state index in [1.54, 1.807) is 0 Å². The molecule has 0 aromatic heterocycles. The lowest BCUT2D eigenvalue weighted by molar-refractivity contribution is -0.143. The summed E-state index contributed by atoms with van der Waals surface area (Å²) in [6.07, 6.45) is 2.76. The highest BCUT2D eigenvalue weighted by Gasteiger charge is 2.21. The van der Waals surface area contributed by atoms with Crippen molar-refractivity contribution in [2.24, 2.45) is 0 Å². The molecule has 0 saturated heterocycles. The van der Waals surface area contributed by atoms with Crippen LogP contribution in [0.4, 0.5) is 4.79 Å². The SMILES string of the molecule is CCCCOC(=O)NC(CCCCO)C(=O)OC. The zero-order valence-electron chi connectivity index (χ0n) is 11.1. The van der Waals surface area contributed by atoms with Crippen LogP contribution in [-0.4, -0.2) is 43.5 Å². The number of hydrogen-bond donors (Lipinski definition) is 2. The number of carbonyl (C=O) groups excluding carboxylic acids is 2. The minimum atomic E-state index is -0.712. The second-order valence-corrected chi connectivity index (χ2v) is 3.93. The molecule has 0 aromatic rings. The predicted octanol–water partition coefficient (Wildman–Crippen LogP) is 1.22. The van der Waals surface area contributed by atoms with Crippen LogP contribution in [0.25, 0.3) is 0 Å². The van der Waals surface area contributed by atoms with Gasteiger partial charge in [0, 0.05) is 6.61 Å². The summed E-state index contributed by atoms with van der Waals surface area (Å²) in [5, 5.41) is 11.1. The summed E-state index contributed by atoms with van der Waals surface area (Å²) >= 11 is 0. The summed E-state index contributed by atoms with van der Waals surface area (Å²) in [4.78, 5) is 22.8. The molecule has 0 aliphatic rings. The van der Waals surface area contributed by atoms with Gasteiger partial charge in [-0.15, -0.1) is 0 Å². The van der Waals surface area contributed by atoms with Crippen LogP contribution in [0.1, 0.15) is 39.0 Å². The highest BCUT2D eigenvalue weighted by atomic mass is 16.6. The molecule has 106 valence electrons. The van der Waals surface area contributed by atoms with E-state index >= 15 is 0 Å². The number of nitrogens with one attached hydrogen (secondary N) is 1. The van der Waals surface area contributed by atoms with Gasteiger partial charge in [-0.3, -0.25) is 0 Å². The lowest BCUT2D eigenvalue weighted by Crippen LogP contribution is -2.41. The van der Waals surface area contributed by atoms with Crippen LogP contribution in [0, 0.1) is 0 Å². The number of esters is 1. The first kappa shape index (κ1) is 16.7. The first-order chi connectivity index (χ1) is 8.65. The van der Waals surface area contributed by atoms with Gasteiger partial charge in [0.05, 0.1) is 13.7 Å². The first-order valence-electron chi connectivity index (χ1n) is 6.27.